The van der Waals surface area contributed by atoms with E-state index < -0.39 is 12.1 Å². The van der Waals surface area contributed by atoms with Gasteiger partial charge in [0.2, 0.25) is 11.8 Å². The van der Waals surface area contributed by atoms with Gasteiger partial charge in [-0.25, -0.2) is 0 Å². The van der Waals surface area contributed by atoms with Crippen molar-refractivity contribution in [2.45, 2.75) is 31.0 Å². The summed E-state index contributed by atoms with van der Waals surface area (Å²) in [6.45, 7) is 0.329. The number of halogens is 1. The number of ether oxygens (including phenoxy) is 1. The molecule has 2 aromatic carbocycles. The smallest absolute Gasteiger partial charge is 0.251 e. The highest BCUT2D eigenvalue weighted by molar-refractivity contribution is 9.10. The predicted molar refractivity (Wildman–Crippen MR) is 114 cm³/mol. The maximum atomic E-state index is 13.0. The first-order valence-corrected chi connectivity index (χ1v) is 10.5. The van der Waals surface area contributed by atoms with Crippen LogP contribution in [0.2, 0.25) is 0 Å². The zero-order valence-electron chi connectivity index (χ0n) is 16.4. The van der Waals surface area contributed by atoms with Gasteiger partial charge in [-0.15, -0.1) is 0 Å². The van der Waals surface area contributed by atoms with Gasteiger partial charge in [0, 0.05) is 29.0 Å². The summed E-state index contributed by atoms with van der Waals surface area (Å²) < 4.78 is 5.97. The molecule has 2 aliphatic rings. The summed E-state index contributed by atoms with van der Waals surface area (Å²) in [6.07, 6.45) is 0.819. The van der Waals surface area contributed by atoms with Gasteiger partial charge in [-0.2, -0.15) is 0 Å². The van der Waals surface area contributed by atoms with Crippen molar-refractivity contribution in [2.24, 2.45) is 0 Å². The summed E-state index contributed by atoms with van der Waals surface area (Å²) in [5, 5.41) is 5.80. The fourth-order valence-corrected chi connectivity index (χ4v) is 4.40. The SMILES string of the molecule is COc1ccc(C[C@@H]2NC(=O)[C@@H]3C[C@H](NC(=O)c4cccc(Br)c4)CN3C2=O)cc1. The number of carbonyl (C=O) groups excluding carboxylic acids is 3. The van der Waals surface area contributed by atoms with Crippen LogP contribution in [0.4, 0.5) is 0 Å². The Kier molecular flexibility index (Phi) is 5.76. The van der Waals surface area contributed by atoms with E-state index in [1.165, 1.54) is 0 Å². The predicted octanol–water partition coefficient (Wildman–Crippen LogP) is 1.90. The fraction of sp³-hybridized carbons (Fsp3) is 0.318. The lowest BCUT2D eigenvalue weighted by molar-refractivity contribution is -0.147. The molecule has 0 unspecified atom stereocenters. The lowest BCUT2D eigenvalue weighted by Crippen LogP contribution is -2.61. The minimum atomic E-state index is -0.610. The van der Waals surface area contributed by atoms with E-state index in [1.807, 2.05) is 30.3 Å². The molecule has 0 spiro atoms. The number of methoxy groups -OCH3 is 1. The molecule has 3 atom stereocenters. The number of rotatable bonds is 5. The van der Waals surface area contributed by atoms with Crippen LogP contribution in [0.15, 0.2) is 53.0 Å². The van der Waals surface area contributed by atoms with E-state index >= 15 is 0 Å². The summed E-state index contributed by atoms with van der Waals surface area (Å²) in [7, 11) is 1.60. The molecule has 2 fully saturated rings. The Labute approximate surface area is 182 Å². The number of carbonyl (C=O) groups is 3. The van der Waals surface area contributed by atoms with Gasteiger partial charge >= 0.3 is 0 Å². The molecule has 0 bridgehead atoms. The average molecular weight is 472 g/mol. The molecule has 2 N–H and O–H groups in total. The highest BCUT2D eigenvalue weighted by Gasteiger charge is 2.46. The van der Waals surface area contributed by atoms with Gasteiger partial charge in [0.25, 0.3) is 5.91 Å². The molecule has 3 amide bonds. The molecule has 156 valence electrons. The largest absolute Gasteiger partial charge is 0.497 e. The van der Waals surface area contributed by atoms with Crippen molar-refractivity contribution in [1.82, 2.24) is 15.5 Å². The maximum Gasteiger partial charge on any atom is 0.251 e. The normalized spacial score (nSPS) is 23.0. The second-order valence-corrected chi connectivity index (χ2v) is 8.45. The maximum absolute atomic E-state index is 13.0. The average Bonchev–Trinajstić information content (AvgIpc) is 3.17. The molecule has 2 heterocycles. The molecule has 7 nitrogen and oxygen atoms in total. The van der Waals surface area contributed by atoms with Gasteiger partial charge in [0.15, 0.2) is 0 Å². The van der Waals surface area contributed by atoms with Crippen molar-refractivity contribution in [3.05, 3.63) is 64.1 Å². The van der Waals surface area contributed by atoms with Crippen LogP contribution < -0.4 is 15.4 Å². The number of hydrogen-bond acceptors (Lipinski definition) is 4. The number of benzene rings is 2. The third-order valence-electron chi connectivity index (χ3n) is 5.52. The van der Waals surface area contributed by atoms with Crippen LogP contribution in [-0.2, 0) is 16.0 Å². The first kappa shape index (κ1) is 20.4. The van der Waals surface area contributed by atoms with E-state index in [4.69, 9.17) is 4.74 Å². The first-order valence-electron chi connectivity index (χ1n) is 9.75. The van der Waals surface area contributed by atoms with Crippen molar-refractivity contribution in [3.8, 4) is 5.75 Å². The molecule has 0 saturated carbocycles. The van der Waals surface area contributed by atoms with Crippen LogP contribution in [0.3, 0.4) is 0 Å². The Morgan fingerprint density at radius 1 is 1.23 bits per heavy atom. The third kappa shape index (κ3) is 4.18. The summed E-state index contributed by atoms with van der Waals surface area (Å²) in [5.74, 6) is 0.229. The van der Waals surface area contributed by atoms with E-state index in [9.17, 15) is 14.4 Å². The van der Waals surface area contributed by atoms with Crippen LogP contribution in [-0.4, -0.2) is 54.4 Å². The van der Waals surface area contributed by atoms with Crippen LogP contribution in [0, 0.1) is 0 Å². The quantitative estimate of drug-likeness (QED) is 0.696. The topological polar surface area (TPSA) is 87.7 Å². The van der Waals surface area contributed by atoms with Crippen molar-refractivity contribution in [1.29, 1.82) is 0 Å². The summed E-state index contributed by atoms with van der Waals surface area (Å²) in [6, 6.07) is 13.1. The number of nitrogens with zero attached hydrogens (tertiary/aromatic N) is 1. The fourth-order valence-electron chi connectivity index (χ4n) is 4.00. The van der Waals surface area contributed by atoms with Gasteiger partial charge < -0.3 is 20.3 Å². The number of hydrogen-bond donors (Lipinski definition) is 2. The number of amides is 3. The zero-order chi connectivity index (χ0) is 21.3. The number of piperazine rings is 1. The van der Waals surface area contributed by atoms with Crippen molar-refractivity contribution >= 4 is 33.7 Å². The van der Waals surface area contributed by atoms with E-state index in [2.05, 4.69) is 26.6 Å². The molecule has 4 rings (SSSR count). The molecule has 2 aromatic rings. The lowest BCUT2D eigenvalue weighted by atomic mass is 10.0. The van der Waals surface area contributed by atoms with Crippen molar-refractivity contribution in [2.75, 3.05) is 13.7 Å². The molecular weight excluding hydrogens is 450 g/mol. The second-order valence-electron chi connectivity index (χ2n) is 7.54. The van der Waals surface area contributed by atoms with E-state index in [-0.39, 0.29) is 23.8 Å². The standard InChI is InChI=1S/C22H22BrN3O4/c1-30-17-7-5-13(6-8-17)9-18-22(29)26-12-16(11-19(26)21(28)25-18)24-20(27)14-3-2-4-15(23)10-14/h2-8,10,16,18-19H,9,11-12H2,1H3,(H,24,27)(H,25,28)/t16-,18-,19-/m0/s1. The Bertz CT molecular complexity index is 979. The highest BCUT2D eigenvalue weighted by atomic mass is 79.9. The van der Waals surface area contributed by atoms with Gasteiger partial charge in [-0.1, -0.05) is 34.1 Å². The van der Waals surface area contributed by atoms with E-state index in [1.54, 1.807) is 30.2 Å². The van der Waals surface area contributed by atoms with E-state index in [0.29, 0.717) is 24.9 Å². The van der Waals surface area contributed by atoms with Gasteiger partial charge in [0.1, 0.15) is 17.8 Å². The number of fused-ring (bicyclic) bond motifs is 1. The zero-order valence-corrected chi connectivity index (χ0v) is 18.0. The minimum Gasteiger partial charge on any atom is -0.497 e. The minimum absolute atomic E-state index is 0.116. The Hall–Kier alpha value is -2.87. The second kappa shape index (κ2) is 8.47. The molecule has 2 aliphatic heterocycles. The molecule has 2 saturated heterocycles. The molecule has 0 aromatic heterocycles. The monoisotopic (exact) mass is 471 g/mol. The summed E-state index contributed by atoms with van der Waals surface area (Å²) in [4.78, 5) is 39.7. The Morgan fingerprint density at radius 2 is 2.00 bits per heavy atom. The molecule has 0 radical (unpaired) electrons. The number of nitrogens with one attached hydrogen (secondary N) is 2. The summed E-state index contributed by atoms with van der Waals surface area (Å²) in [5.41, 5.74) is 1.47. The van der Waals surface area contributed by atoms with Gasteiger partial charge in [0.05, 0.1) is 7.11 Å². The molecular formula is C22H22BrN3O4. The molecule has 0 aliphatic carbocycles. The Morgan fingerprint density at radius 3 is 2.70 bits per heavy atom. The molecule has 30 heavy (non-hydrogen) atoms. The highest BCUT2D eigenvalue weighted by Crippen LogP contribution is 2.25. The van der Waals surface area contributed by atoms with Crippen LogP contribution in [0.1, 0.15) is 22.3 Å². The third-order valence-corrected chi connectivity index (χ3v) is 6.02. The first-order chi connectivity index (χ1) is 14.4. The van der Waals surface area contributed by atoms with Crippen LogP contribution in [0.25, 0.3) is 0 Å². The summed E-state index contributed by atoms with van der Waals surface area (Å²) >= 11 is 3.36. The van der Waals surface area contributed by atoms with Crippen molar-refractivity contribution in [3.63, 3.8) is 0 Å². The van der Waals surface area contributed by atoms with Gasteiger partial charge in [-0.05, 0) is 42.3 Å². The lowest BCUT2D eigenvalue weighted by Gasteiger charge is -2.34. The van der Waals surface area contributed by atoms with Crippen molar-refractivity contribution < 1.29 is 19.1 Å². The molecule has 8 heteroatoms. The van der Waals surface area contributed by atoms with E-state index in [0.717, 1.165) is 15.8 Å². The van der Waals surface area contributed by atoms with Gasteiger partial charge in [-0.3, -0.25) is 14.4 Å². The van der Waals surface area contributed by atoms with Crippen LogP contribution in [0.5, 0.6) is 5.75 Å². The van der Waals surface area contributed by atoms with Crippen LogP contribution >= 0.6 is 15.9 Å². The Balaban J connectivity index is 1.41.